The third kappa shape index (κ3) is 7.19. The largest absolute Gasteiger partial charge is 0.462 e. The highest BCUT2D eigenvalue weighted by Crippen LogP contribution is 2.63. The Balaban J connectivity index is 2.57. The summed E-state index contributed by atoms with van der Waals surface area (Å²) in [7, 11) is 0. The second-order valence-electron chi connectivity index (χ2n) is 9.64. The molecule has 0 bridgehead atoms. The number of cyclic esters (lactones) is 2. The summed E-state index contributed by atoms with van der Waals surface area (Å²) in [5, 5.41) is 0. The molecule has 0 spiro atoms. The molecule has 1 aromatic carbocycles. The standard InChI is InChI=1S/C27H36F6O4/c1-3-5-11-19-13-9-17-36-23(34)21-15-7-8-16-22(21)24(35)37-18-10-14-20(12-6-4-2)25(19,26(28,29)30)27(31,32)33/h7-8,15-16,19-20H,3-6,9-14,17-18H2,1-2H3. The number of rotatable bonds is 6. The Morgan fingerprint density at radius 3 is 1.46 bits per heavy atom. The maximum atomic E-state index is 14.8. The molecule has 2 rings (SSSR count). The number of halogens is 6. The third-order valence-electron chi connectivity index (χ3n) is 7.27. The van der Waals surface area contributed by atoms with E-state index >= 15 is 0 Å². The van der Waals surface area contributed by atoms with E-state index in [0.29, 0.717) is 12.8 Å². The van der Waals surface area contributed by atoms with Crippen LogP contribution in [-0.4, -0.2) is 37.5 Å². The summed E-state index contributed by atoms with van der Waals surface area (Å²) in [6.07, 6.45) is -11.4. The molecular formula is C27H36F6O4. The summed E-state index contributed by atoms with van der Waals surface area (Å²) >= 11 is 0. The number of hydrogen-bond acceptors (Lipinski definition) is 4. The second kappa shape index (κ2) is 13.5. The van der Waals surface area contributed by atoms with Crippen molar-refractivity contribution in [1.82, 2.24) is 0 Å². The van der Waals surface area contributed by atoms with Crippen LogP contribution in [-0.2, 0) is 9.47 Å². The summed E-state index contributed by atoms with van der Waals surface area (Å²) in [6, 6.07) is 5.75. The average molecular weight is 539 g/mol. The van der Waals surface area contributed by atoms with E-state index in [1.54, 1.807) is 13.8 Å². The number of carbonyl (C=O) groups is 2. The molecule has 0 aliphatic carbocycles. The Kier molecular flexibility index (Phi) is 11.3. The summed E-state index contributed by atoms with van der Waals surface area (Å²) < 4.78 is 99.1. The van der Waals surface area contributed by atoms with Crippen LogP contribution in [0.25, 0.3) is 0 Å². The van der Waals surface area contributed by atoms with Crippen LogP contribution in [0.15, 0.2) is 24.3 Å². The Morgan fingerprint density at radius 1 is 0.757 bits per heavy atom. The lowest BCUT2D eigenvalue weighted by molar-refractivity contribution is -0.380. The van der Waals surface area contributed by atoms with E-state index in [4.69, 9.17) is 9.47 Å². The van der Waals surface area contributed by atoms with Crippen LogP contribution in [0.3, 0.4) is 0 Å². The molecule has 1 aromatic rings. The number of unbranched alkanes of at least 4 members (excludes halogenated alkanes) is 2. The number of esters is 2. The summed E-state index contributed by atoms with van der Waals surface area (Å²) in [4.78, 5) is 25.1. The number of alkyl halides is 6. The van der Waals surface area contributed by atoms with Gasteiger partial charge in [-0.3, -0.25) is 0 Å². The van der Waals surface area contributed by atoms with Crippen molar-refractivity contribution in [2.45, 2.75) is 90.4 Å². The highest BCUT2D eigenvalue weighted by atomic mass is 19.4. The van der Waals surface area contributed by atoms with E-state index in [2.05, 4.69) is 0 Å². The van der Waals surface area contributed by atoms with Gasteiger partial charge in [0.2, 0.25) is 0 Å². The number of fused-ring (bicyclic) bond motifs is 1. The van der Waals surface area contributed by atoms with Gasteiger partial charge in [0, 0.05) is 0 Å². The van der Waals surface area contributed by atoms with Crippen LogP contribution < -0.4 is 0 Å². The molecule has 0 radical (unpaired) electrons. The van der Waals surface area contributed by atoms with E-state index in [-0.39, 0.29) is 62.9 Å². The lowest BCUT2D eigenvalue weighted by Crippen LogP contribution is -2.59. The van der Waals surface area contributed by atoms with Crippen LogP contribution in [0.2, 0.25) is 0 Å². The highest BCUT2D eigenvalue weighted by molar-refractivity contribution is 6.03. The number of ether oxygens (including phenoxy) is 2. The van der Waals surface area contributed by atoms with Crippen molar-refractivity contribution in [2.24, 2.45) is 17.3 Å². The van der Waals surface area contributed by atoms with Gasteiger partial charge >= 0.3 is 24.3 Å². The fraction of sp³-hybridized carbons (Fsp3) is 0.704. The topological polar surface area (TPSA) is 52.6 Å². The zero-order valence-electron chi connectivity index (χ0n) is 21.4. The normalized spacial score (nSPS) is 22.3. The minimum Gasteiger partial charge on any atom is -0.462 e. The summed E-state index contributed by atoms with van der Waals surface area (Å²) in [6.45, 7) is 2.71. The molecule has 0 saturated heterocycles. The first-order valence-electron chi connectivity index (χ1n) is 13.0. The van der Waals surface area contributed by atoms with E-state index in [1.807, 2.05) is 0 Å². The maximum Gasteiger partial charge on any atom is 0.403 e. The average Bonchev–Trinajstić information content (AvgIpc) is 2.83. The molecule has 1 aliphatic rings. The lowest BCUT2D eigenvalue weighted by Gasteiger charge is -2.48. The molecule has 37 heavy (non-hydrogen) atoms. The van der Waals surface area contributed by atoms with Crippen molar-refractivity contribution in [3.8, 4) is 0 Å². The van der Waals surface area contributed by atoms with Gasteiger partial charge in [0.15, 0.2) is 5.41 Å². The van der Waals surface area contributed by atoms with Crippen LogP contribution in [0.4, 0.5) is 26.3 Å². The van der Waals surface area contributed by atoms with Gasteiger partial charge in [0.05, 0.1) is 24.3 Å². The van der Waals surface area contributed by atoms with Gasteiger partial charge in [0.1, 0.15) is 0 Å². The summed E-state index contributed by atoms with van der Waals surface area (Å²) in [5.41, 5.74) is -4.04. The fourth-order valence-corrected chi connectivity index (χ4v) is 5.50. The number of benzene rings is 1. The Bertz CT molecular complexity index is 809. The first kappa shape index (κ1) is 31.0. The minimum absolute atomic E-state index is 0.0642. The second-order valence-corrected chi connectivity index (χ2v) is 9.64. The highest BCUT2D eigenvalue weighted by Gasteiger charge is 2.75. The molecule has 0 N–H and O–H groups in total. The predicted octanol–water partition coefficient (Wildman–Crippen LogP) is 8.30. The molecule has 2 atom stereocenters. The van der Waals surface area contributed by atoms with Crippen LogP contribution >= 0.6 is 0 Å². The fourth-order valence-electron chi connectivity index (χ4n) is 5.50. The monoisotopic (exact) mass is 538 g/mol. The van der Waals surface area contributed by atoms with Crippen molar-refractivity contribution < 1.29 is 45.4 Å². The van der Waals surface area contributed by atoms with Gasteiger partial charge in [-0.05, 0) is 62.5 Å². The zero-order valence-corrected chi connectivity index (χ0v) is 21.4. The van der Waals surface area contributed by atoms with Crippen molar-refractivity contribution in [2.75, 3.05) is 13.2 Å². The third-order valence-corrected chi connectivity index (χ3v) is 7.27. The molecule has 210 valence electrons. The molecule has 2 unspecified atom stereocenters. The van der Waals surface area contributed by atoms with Crippen molar-refractivity contribution in [3.05, 3.63) is 35.4 Å². The predicted molar refractivity (Wildman–Crippen MR) is 126 cm³/mol. The molecule has 4 nitrogen and oxygen atoms in total. The van der Waals surface area contributed by atoms with Crippen LogP contribution in [0.5, 0.6) is 0 Å². The van der Waals surface area contributed by atoms with E-state index in [0.717, 1.165) is 0 Å². The molecular weight excluding hydrogens is 502 g/mol. The van der Waals surface area contributed by atoms with Gasteiger partial charge in [0.25, 0.3) is 0 Å². The van der Waals surface area contributed by atoms with Crippen LogP contribution in [0.1, 0.15) is 98.8 Å². The molecule has 0 amide bonds. The molecule has 0 saturated carbocycles. The SMILES string of the molecule is CCCCC1CCCOC(=O)c2ccccc2C(=O)OCCCC(CCCC)C1(C(F)(F)F)C(F)(F)F. The quantitative estimate of drug-likeness (QED) is 0.270. The van der Waals surface area contributed by atoms with Crippen LogP contribution in [0, 0.1) is 17.3 Å². The van der Waals surface area contributed by atoms with E-state index < -0.39 is 54.4 Å². The van der Waals surface area contributed by atoms with Gasteiger partial charge in [-0.25, -0.2) is 9.59 Å². The summed E-state index contributed by atoms with van der Waals surface area (Å²) in [5.74, 6) is -5.22. The Labute approximate surface area is 214 Å². The minimum atomic E-state index is -5.54. The van der Waals surface area contributed by atoms with Gasteiger partial charge in [-0.1, -0.05) is 51.7 Å². The first-order valence-corrected chi connectivity index (χ1v) is 13.0. The molecule has 0 aromatic heterocycles. The number of carbonyl (C=O) groups excluding carboxylic acids is 2. The van der Waals surface area contributed by atoms with Crippen molar-refractivity contribution in [3.63, 3.8) is 0 Å². The van der Waals surface area contributed by atoms with Gasteiger partial charge in [-0.2, -0.15) is 26.3 Å². The van der Waals surface area contributed by atoms with Crippen molar-refractivity contribution in [1.29, 1.82) is 0 Å². The lowest BCUT2D eigenvalue weighted by atomic mass is 9.60. The zero-order chi connectivity index (χ0) is 27.7. The number of hydrogen-bond donors (Lipinski definition) is 0. The Hall–Kier alpha value is -2.26. The molecule has 1 aliphatic heterocycles. The maximum absolute atomic E-state index is 14.8. The van der Waals surface area contributed by atoms with E-state index in [9.17, 15) is 35.9 Å². The van der Waals surface area contributed by atoms with Gasteiger partial charge < -0.3 is 9.47 Å². The molecule has 10 heteroatoms. The van der Waals surface area contributed by atoms with Crippen molar-refractivity contribution >= 4 is 11.9 Å². The molecule has 0 fully saturated rings. The first-order chi connectivity index (χ1) is 17.4. The van der Waals surface area contributed by atoms with E-state index in [1.165, 1.54) is 24.3 Å². The molecule has 1 heterocycles. The van der Waals surface area contributed by atoms with Gasteiger partial charge in [-0.15, -0.1) is 0 Å². The smallest absolute Gasteiger partial charge is 0.403 e. The Morgan fingerprint density at radius 2 is 1.14 bits per heavy atom.